The molecule has 0 fully saturated rings. The van der Waals surface area contributed by atoms with Gasteiger partial charge < -0.3 is 4.57 Å². The minimum atomic E-state index is 0.535. The van der Waals surface area contributed by atoms with Crippen LogP contribution in [0.4, 0.5) is 0 Å². The fraction of sp³-hybridized carbons (Fsp3) is 0.850. The number of hydrogen-bond donors (Lipinski definition) is 0. The summed E-state index contributed by atoms with van der Waals surface area (Å²) in [6.45, 7) is 7.88. The first-order valence-electron chi connectivity index (χ1n) is 9.76. The van der Waals surface area contributed by atoms with Crippen LogP contribution in [-0.2, 0) is 6.54 Å². The average molecular weight is 307 g/mol. The SMILES string of the molecule is CCCCCCCCCCCCCCn1ccnc1C(C)C. The van der Waals surface area contributed by atoms with Crippen LogP contribution in [0.1, 0.15) is 110 Å². The molecule has 22 heavy (non-hydrogen) atoms. The van der Waals surface area contributed by atoms with Crippen LogP contribution in [0.5, 0.6) is 0 Å². The summed E-state index contributed by atoms with van der Waals surface area (Å²) in [5.74, 6) is 1.77. The Bertz CT molecular complexity index is 354. The molecule has 0 radical (unpaired) electrons. The monoisotopic (exact) mass is 306 g/mol. The molecule has 0 atom stereocenters. The van der Waals surface area contributed by atoms with E-state index in [2.05, 4.69) is 36.5 Å². The van der Waals surface area contributed by atoms with Gasteiger partial charge in [-0.2, -0.15) is 0 Å². The fourth-order valence-electron chi connectivity index (χ4n) is 3.13. The van der Waals surface area contributed by atoms with E-state index in [1.54, 1.807) is 0 Å². The Morgan fingerprint density at radius 1 is 0.818 bits per heavy atom. The minimum absolute atomic E-state index is 0.535. The molecule has 0 aliphatic rings. The third-order valence-corrected chi connectivity index (χ3v) is 4.52. The molecular weight excluding hydrogens is 268 g/mol. The minimum Gasteiger partial charge on any atom is -0.335 e. The van der Waals surface area contributed by atoms with Gasteiger partial charge in [0.25, 0.3) is 0 Å². The molecule has 0 saturated carbocycles. The zero-order chi connectivity index (χ0) is 16.0. The van der Waals surface area contributed by atoms with Crippen LogP contribution in [-0.4, -0.2) is 9.55 Å². The van der Waals surface area contributed by atoms with Crippen molar-refractivity contribution in [3.63, 3.8) is 0 Å². The second kappa shape index (κ2) is 12.7. The summed E-state index contributed by atoms with van der Waals surface area (Å²) >= 11 is 0. The van der Waals surface area contributed by atoms with Crippen molar-refractivity contribution in [2.75, 3.05) is 0 Å². The highest BCUT2D eigenvalue weighted by atomic mass is 15.1. The molecule has 0 saturated heterocycles. The summed E-state index contributed by atoms with van der Waals surface area (Å²) in [5, 5.41) is 0. The molecular formula is C20H38N2. The van der Waals surface area contributed by atoms with Crippen LogP contribution in [0.2, 0.25) is 0 Å². The molecule has 2 nitrogen and oxygen atoms in total. The van der Waals surface area contributed by atoms with Gasteiger partial charge in [0.2, 0.25) is 0 Å². The van der Waals surface area contributed by atoms with E-state index in [1.807, 2.05) is 6.20 Å². The summed E-state index contributed by atoms with van der Waals surface area (Å²) in [6, 6.07) is 0. The van der Waals surface area contributed by atoms with Crippen molar-refractivity contribution in [2.45, 2.75) is 110 Å². The lowest BCUT2D eigenvalue weighted by Crippen LogP contribution is -2.04. The summed E-state index contributed by atoms with van der Waals surface area (Å²) in [5.41, 5.74) is 0. The maximum atomic E-state index is 4.45. The number of unbranched alkanes of at least 4 members (excludes halogenated alkanes) is 11. The van der Waals surface area contributed by atoms with Gasteiger partial charge in [-0.3, -0.25) is 0 Å². The Labute approximate surface area is 138 Å². The van der Waals surface area contributed by atoms with Gasteiger partial charge in [0.15, 0.2) is 0 Å². The smallest absolute Gasteiger partial charge is 0.111 e. The summed E-state index contributed by atoms with van der Waals surface area (Å²) in [4.78, 5) is 4.45. The van der Waals surface area contributed by atoms with E-state index >= 15 is 0 Å². The van der Waals surface area contributed by atoms with Crippen molar-refractivity contribution in [1.29, 1.82) is 0 Å². The number of nitrogens with zero attached hydrogens (tertiary/aromatic N) is 2. The zero-order valence-corrected chi connectivity index (χ0v) is 15.3. The molecule has 0 aromatic carbocycles. The average Bonchev–Trinajstić information content (AvgIpc) is 2.97. The molecule has 0 N–H and O–H groups in total. The van der Waals surface area contributed by atoms with Crippen LogP contribution in [0.3, 0.4) is 0 Å². The zero-order valence-electron chi connectivity index (χ0n) is 15.3. The first-order chi connectivity index (χ1) is 10.8. The Morgan fingerprint density at radius 2 is 1.32 bits per heavy atom. The van der Waals surface area contributed by atoms with E-state index in [1.165, 1.54) is 82.9 Å². The Hall–Kier alpha value is -0.790. The second-order valence-electron chi connectivity index (χ2n) is 7.02. The van der Waals surface area contributed by atoms with E-state index < -0.39 is 0 Å². The molecule has 0 bridgehead atoms. The Balaban J connectivity index is 1.88. The van der Waals surface area contributed by atoms with Crippen LogP contribution >= 0.6 is 0 Å². The molecule has 1 heterocycles. The van der Waals surface area contributed by atoms with Crippen molar-refractivity contribution in [1.82, 2.24) is 9.55 Å². The highest BCUT2D eigenvalue weighted by molar-refractivity contribution is 4.97. The molecule has 0 aliphatic heterocycles. The number of aryl methyl sites for hydroxylation is 1. The molecule has 0 spiro atoms. The Kier molecular flexibility index (Phi) is 11.1. The topological polar surface area (TPSA) is 17.8 Å². The summed E-state index contributed by atoms with van der Waals surface area (Å²) in [6.07, 6.45) is 21.1. The van der Waals surface area contributed by atoms with Gasteiger partial charge >= 0.3 is 0 Å². The molecule has 1 rings (SSSR count). The van der Waals surface area contributed by atoms with Crippen LogP contribution in [0.15, 0.2) is 12.4 Å². The number of aromatic nitrogens is 2. The van der Waals surface area contributed by atoms with Gasteiger partial charge in [-0.25, -0.2) is 4.98 Å². The molecule has 2 heteroatoms. The Morgan fingerprint density at radius 3 is 1.82 bits per heavy atom. The van der Waals surface area contributed by atoms with E-state index in [4.69, 9.17) is 0 Å². The lowest BCUT2D eigenvalue weighted by Gasteiger charge is -2.10. The van der Waals surface area contributed by atoms with E-state index in [-0.39, 0.29) is 0 Å². The summed E-state index contributed by atoms with van der Waals surface area (Å²) in [7, 11) is 0. The van der Waals surface area contributed by atoms with E-state index in [9.17, 15) is 0 Å². The quantitative estimate of drug-likeness (QED) is 0.349. The summed E-state index contributed by atoms with van der Waals surface area (Å²) < 4.78 is 2.33. The van der Waals surface area contributed by atoms with Crippen LogP contribution in [0, 0.1) is 0 Å². The third-order valence-electron chi connectivity index (χ3n) is 4.52. The van der Waals surface area contributed by atoms with Gasteiger partial charge in [-0.1, -0.05) is 91.4 Å². The molecule has 1 aromatic rings. The normalized spacial score (nSPS) is 11.5. The lowest BCUT2D eigenvalue weighted by molar-refractivity contribution is 0.519. The predicted octanol–water partition coefficient (Wildman–Crippen LogP) is 6.71. The van der Waals surface area contributed by atoms with Gasteiger partial charge in [0, 0.05) is 24.9 Å². The lowest BCUT2D eigenvalue weighted by atomic mass is 10.1. The fourth-order valence-corrected chi connectivity index (χ4v) is 3.13. The molecule has 0 unspecified atom stereocenters. The highest BCUT2D eigenvalue weighted by Gasteiger charge is 2.06. The largest absolute Gasteiger partial charge is 0.335 e. The van der Waals surface area contributed by atoms with Gasteiger partial charge in [0.1, 0.15) is 5.82 Å². The van der Waals surface area contributed by atoms with Crippen molar-refractivity contribution in [3.05, 3.63) is 18.2 Å². The maximum Gasteiger partial charge on any atom is 0.111 e. The molecule has 128 valence electrons. The molecule has 0 amide bonds. The van der Waals surface area contributed by atoms with Gasteiger partial charge in [-0.05, 0) is 6.42 Å². The van der Waals surface area contributed by atoms with Crippen molar-refractivity contribution < 1.29 is 0 Å². The molecule has 1 aromatic heterocycles. The van der Waals surface area contributed by atoms with Crippen LogP contribution in [0.25, 0.3) is 0 Å². The van der Waals surface area contributed by atoms with Crippen molar-refractivity contribution >= 4 is 0 Å². The number of imidazole rings is 1. The van der Waals surface area contributed by atoms with Gasteiger partial charge in [-0.15, -0.1) is 0 Å². The number of rotatable bonds is 14. The standard InChI is InChI=1S/C20H38N2/c1-4-5-6-7-8-9-10-11-12-13-14-15-17-22-18-16-21-20(22)19(2)3/h16,18-19H,4-15,17H2,1-3H3. The van der Waals surface area contributed by atoms with Crippen molar-refractivity contribution in [3.8, 4) is 0 Å². The maximum absolute atomic E-state index is 4.45. The first kappa shape index (κ1) is 19.3. The third kappa shape index (κ3) is 8.60. The first-order valence-corrected chi connectivity index (χ1v) is 9.76. The van der Waals surface area contributed by atoms with Crippen LogP contribution < -0.4 is 0 Å². The van der Waals surface area contributed by atoms with E-state index in [0.717, 1.165) is 6.54 Å². The highest BCUT2D eigenvalue weighted by Crippen LogP contribution is 2.14. The molecule has 0 aliphatic carbocycles. The predicted molar refractivity (Wildman–Crippen MR) is 97.4 cm³/mol. The second-order valence-corrected chi connectivity index (χ2v) is 7.02. The number of hydrogen-bond acceptors (Lipinski definition) is 1. The van der Waals surface area contributed by atoms with Gasteiger partial charge in [0.05, 0.1) is 0 Å². The van der Waals surface area contributed by atoms with Crippen molar-refractivity contribution in [2.24, 2.45) is 0 Å². The van der Waals surface area contributed by atoms with E-state index in [0.29, 0.717) is 5.92 Å².